The third-order valence-electron chi connectivity index (χ3n) is 3.23. The van der Waals surface area contributed by atoms with Crippen molar-refractivity contribution in [2.45, 2.75) is 11.8 Å². The highest BCUT2D eigenvalue weighted by Crippen LogP contribution is 2.29. The molecule has 7 heteroatoms. The van der Waals surface area contributed by atoms with Crippen molar-refractivity contribution in [2.75, 3.05) is 11.6 Å². The number of hydrogen-bond donors (Lipinski definition) is 1. The van der Waals surface area contributed by atoms with Crippen molar-refractivity contribution in [3.8, 4) is 6.07 Å². The average molecular weight is 349 g/mol. The molecule has 0 saturated heterocycles. The molecule has 23 heavy (non-hydrogen) atoms. The van der Waals surface area contributed by atoms with E-state index in [1.54, 1.807) is 37.3 Å². The topological polar surface area (TPSA) is 87.0 Å². The molecule has 2 aromatic carbocycles. The van der Waals surface area contributed by atoms with Gasteiger partial charge < -0.3 is 5.32 Å². The first-order chi connectivity index (χ1) is 10.7. The maximum Gasteiger partial charge on any atom is 0.252 e. The minimum Gasteiger partial charge on any atom is -0.354 e. The van der Waals surface area contributed by atoms with Gasteiger partial charge in [0.05, 0.1) is 22.2 Å². The maximum atomic E-state index is 12.0. The highest BCUT2D eigenvalue weighted by atomic mass is 35.5. The predicted octanol–water partition coefficient (Wildman–Crippen LogP) is 3.39. The van der Waals surface area contributed by atoms with Gasteiger partial charge in [-0.05, 0) is 60.5 Å². The SMILES string of the molecule is Cc1cc(Nc2ccc(C#N)cc2)c(S(C)(=O)=O)cc1C(=O)Cl. The van der Waals surface area contributed by atoms with Crippen LogP contribution in [0.5, 0.6) is 0 Å². The van der Waals surface area contributed by atoms with Crippen LogP contribution in [0, 0.1) is 18.3 Å². The molecule has 0 radical (unpaired) electrons. The fraction of sp³-hybridized carbons (Fsp3) is 0.125. The summed E-state index contributed by atoms with van der Waals surface area (Å²) in [7, 11) is -3.56. The Morgan fingerprint density at radius 2 is 1.83 bits per heavy atom. The third kappa shape index (κ3) is 3.89. The first kappa shape index (κ1) is 17.0. The lowest BCUT2D eigenvalue weighted by molar-refractivity contribution is 0.108. The molecule has 0 spiro atoms. The number of nitriles is 1. The van der Waals surface area contributed by atoms with E-state index in [0.29, 0.717) is 22.5 Å². The van der Waals surface area contributed by atoms with Gasteiger partial charge in [0.1, 0.15) is 0 Å². The molecule has 0 saturated carbocycles. The van der Waals surface area contributed by atoms with Gasteiger partial charge in [-0.2, -0.15) is 5.26 Å². The molecule has 118 valence electrons. The maximum absolute atomic E-state index is 12.0. The van der Waals surface area contributed by atoms with Crippen LogP contribution in [0.2, 0.25) is 0 Å². The number of nitrogens with one attached hydrogen (secondary N) is 1. The van der Waals surface area contributed by atoms with Crippen LogP contribution in [0.1, 0.15) is 21.5 Å². The van der Waals surface area contributed by atoms with Crippen LogP contribution < -0.4 is 5.32 Å². The van der Waals surface area contributed by atoms with Crippen molar-refractivity contribution < 1.29 is 13.2 Å². The largest absolute Gasteiger partial charge is 0.354 e. The Balaban J connectivity index is 2.54. The van der Waals surface area contributed by atoms with Gasteiger partial charge in [-0.1, -0.05) is 0 Å². The zero-order valence-electron chi connectivity index (χ0n) is 12.4. The second-order valence-corrected chi connectivity index (χ2v) is 7.35. The predicted molar refractivity (Wildman–Crippen MR) is 88.9 cm³/mol. The zero-order chi connectivity index (χ0) is 17.2. The number of hydrogen-bond acceptors (Lipinski definition) is 5. The van der Waals surface area contributed by atoms with E-state index in [1.807, 2.05) is 6.07 Å². The van der Waals surface area contributed by atoms with Crippen LogP contribution in [-0.4, -0.2) is 19.9 Å². The van der Waals surface area contributed by atoms with Crippen LogP contribution in [0.4, 0.5) is 11.4 Å². The van der Waals surface area contributed by atoms with Crippen LogP contribution in [0.15, 0.2) is 41.3 Å². The summed E-state index contributed by atoms with van der Waals surface area (Å²) in [5.74, 6) is 0. The van der Waals surface area contributed by atoms with Gasteiger partial charge in [0.15, 0.2) is 9.84 Å². The quantitative estimate of drug-likeness (QED) is 0.856. The van der Waals surface area contributed by atoms with E-state index in [9.17, 15) is 13.2 Å². The summed E-state index contributed by atoms with van der Waals surface area (Å²) in [5.41, 5.74) is 2.18. The van der Waals surface area contributed by atoms with E-state index < -0.39 is 15.1 Å². The number of sulfone groups is 1. The average Bonchev–Trinajstić information content (AvgIpc) is 2.46. The summed E-state index contributed by atoms with van der Waals surface area (Å²) in [6.45, 7) is 1.67. The van der Waals surface area contributed by atoms with Gasteiger partial charge in [0.2, 0.25) is 0 Å². The fourth-order valence-corrected chi connectivity index (χ4v) is 3.13. The van der Waals surface area contributed by atoms with E-state index in [0.717, 1.165) is 6.26 Å². The number of halogens is 1. The lowest BCUT2D eigenvalue weighted by Gasteiger charge is -2.14. The van der Waals surface area contributed by atoms with Crippen LogP contribution in [0.3, 0.4) is 0 Å². The molecule has 0 aliphatic heterocycles. The van der Waals surface area contributed by atoms with E-state index >= 15 is 0 Å². The molecule has 0 atom stereocenters. The standard InChI is InChI=1S/C16H13ClN2O3S/c1-10-7-14(19-12-5-3-11(9-18)4-6-12)15(23(2,21)22)8-13(10)16(17)20/h3-8,19H,1-2H3. The number of nitrogens with zero attached hydrogens (tertiary/aromatic N) is 1. The molecule has 0 unspecified atom stereocenters. The Kier molecular flexibility index (Phi) is 4.73. The summed E-state index contributed by atoms with van der Waals surface area (Å²) in [4.78, 5) is 11.4. The minimum absolute atomic E-state index is 0.0172. The molecule has 0 aliphatic rings. The summed E-state index contributed by atoms with van der Waals surface area (Å²) in [5, 5.41) is 11.1. The van der Waals surface area contributed by atoms with Crippen molar-refractivity contribution in [1.82, 2.24) is 0 Å². The molecular formula is C16H13ClN2O3S. The molecule has 0 amide bonds. The van der Waals surface area contributed by atoms with Crippen molar-refractivity contribution in [3.63, 3.8) is 0 Å². The number of carbonyl (C=O) groups is 1. The monoisotopic (exact) mass is 348 g/mol. The van der Waals surface area contributed by atoms with E-state index in [4.69, 9.17) is 16.9 Å². The van der Waals surface area contributed by atoms with Crippen LogP contribution in [0.25, 0.3) is 0 Å². The van der Waals surface area contributed by atoms with Gasteiger partial charge in [0.25, 0.3) is 5.24 Å². The molecule has 0 aliphatic carbocycles. The minimum atomic E-state index is -3.56. The van der Waals surface area contributed by atoms with Crippen molar-refractivity contribution in [1.29, 1.82) is 5.26 Å². The first-order valence-corrected chi connectivity index (χ1v) is 8.81. The molecule has 2 aromatic rings. The molecule has 2 rings (SSSR count). The van der Waals surface area contributed by atoms with Crippen molar-refractivity contribution in [3.05, 3.63) is 53.1 Å². The summed E-state index contributed by atoms with van der Waals surface area (Å²) in [6, 6.07) is 11.4. The number of aryl methyl sites for hydroxylation is 1. The summed E-state index contributed by atoms with van der Waals surface area (Å²) in [6.07, 6.45) is 1.06. The highest BCUT2D eigenvalue weighted by molar-refractivity contribution is 7.90. The number of benzene rings is 2. The molecule has 0 heterocycles. The van der Waals surface area contributed by atoms with Gasteiger partial charge in [-0.3, -0.25) is 4.79 Å². The van der Waals surface area contributed by atoms with Gasteiger partial charge in [0, 0.05) is 17.5 Å². The van der Waals surface area contributed by atoms with Gasteiger partial charge in [-0.15, -0.1) is 0 Å². The second-order valence-electron chi connectivity index (χ2n) is 5.02. The third-order valence-corrected chi connectivity index (χ3v) is 4.57. The number of anilines is 2. The lowest BCUT2D eigenvalue weighted by Crippen LogP contribution is -2.06. The molecule has 1 N–H and O–H groups in total. The van der Waals surface area contributed by atoms with Gasteiger partial charge >= 0.3 is 0 Å². The smallest absolute Gasteiger partial charge is 0.252 e. The molecule has 0 bridgehead atoms. The molecule has 0 fully saturated rings. The van der Waals surface area contributed by atoms with E-state index in [-0.39, 0.29) is 10.5 Å². The Morgan fingerprint density at radius 1 is 1.22 bits per heavy atom. The Morgan fingerprint density at radius 3 is 2.30 bits per heavy atom. The Hall–Kier alpha value is -2.36. The molecular weight excluding hydrogens is 336 g/mol. The normalized spacial score (nSPS) is 10.9. The lowest BCUT2D eigenvalue weighted by atomic mass is 10.1. The van der Waals surface area contributed by atoms with Crippen LogP contribution in [-0.2, 0) is 9.84 Å². The zero-order valence-corrected chi connectivity index (χ0v) is 14.0. The first-order valence-electron chi connectivity index (χ1n) is 6.54. The highest BCUT2D eigenvalue weighted by Gasteiger charge is 2.18. The molecule has 5 nitrogen and oxygen atoms in total. The van der Waals surface area contributed by atoms with E-state index in [2.05, 4.69) is 5.32 Å². The van der Waals surface area contributed by atoms with Crippen LogP contribution >= 0.6 is 11.6 Å². The number of carbonyl (C=O) groups excluding carboxylic acids is 1. The van der Waals surface area contributed by atoms with Crippen molar-refractivity contribution in [2.24, 2.45) is 0 Å². The summed E-state index contributed by atoms with van der Waals surface area (Å²) < 4.78 is 24.0. The van der Waals surface area contributed by atoms with Gasteiger partial charge in [-0.25, -0.2) is 8.42 Å². The van der Waals surface area contributed by atoms with E-state index in [1.165, 1.54) is 6.07 Å². The fourth-order valence-electron chi connectivity index (χ4n) is 2.09. The molecule has 0 aromatic heterocycles. The second kappa shape index (κ2) is 6.41. The Bertz CT molecular complexity index is 914. The summed E-state index contributed by atoms with van der Waals surface area (Å²) >= 11 is 5.49. The number of rotatable bonds is 4. The van der Waals surface area contributed by atoms with Crippen molar-refractivity contribution >= 4 is 38.1 Å². The Labute approximate surface area is 139 Å².